The van der Waals surface area contributed by atoms with Crippen LogP contribution in [-0.2, 0) is 11.3 Å². The molecule has 1 aromatic heterocycles. The number of rotatable bonds is 6. The minimum atomic E-state index is -0.943. The van der Waals surface area contributed by atoms with Gasteiger partial charge in [0.2, 0.25) is 5.91 Å². The minimum absolute atomic E-state index is 0.109. The zero-order valence-corrected chi connectivity index (χ0v) is 10.4. The highest BCUT2D eigenvalue weighted by Gasteiger charge is 2.22. The number of hydrogen-bond acceptors (Lipinski definition) is 5. The van der Waals surface area contributed by atoms with Crippen LogP contribution >= 0.6 is 0 Å². The fourth-order valence-electron chi connectivity index (χ4n) is 1.55. The number of amides is 1. The van der Waals surface area contributed by atoms with Crippen molar-refractivity contribution >= 4 is 5.91 Å². The van der Waals surface area contributed by atoms with Crippen LogP contribution in [0, 0.1) is 0 Å². The van der Waals surface area contributed by atoms with Gasteiger partial charge in [0.15, 0.2) is 0 Å². The third-order valence-electron chi connectivity index (χ3n) is 2.10. The van der Waals surface area contributed by atoms with Crippen molar-refractivity contribution in [2.75, 3.05) is 27.2 Å². The molecule has 1 rings (SSSR count). The number of aliphatic hydroxyl groups is 1. The molecule has 1 atom stereocenters. The van der Waals surface area contributed by atoms with Crippen LogP contribution in [0.25, 0.3) is 0 Å². The Morgan fingerprint density at radius 2 is 2.29 bits per heavy atom. The zero-order valence-electron chi connectivity index (χ0n) is 10.4. The summed E-state index contributed by atoms with van der Waals surface area (Å²) in [6, 6.07) is 0. The van der Waals surface area contributed by atoms with Gasteiger partial charge < -0.3 is 15.3 Å². The molecule has 0 bridgehead atoms. The Labute approximate surface area is 100 Å². The first-order valence-corrected chi connectivity index (χ1v) is 5.37. The lowest BCUT2D eigenvalue weighted by Crippen LogP contribution is -2.47. The van der Waals surface area contributed by atoms with Gasteiger partial charge in [-0.05, 0) is 21.0 Å². The summed E-state index contributed by atoms with van der Waals surface area (Å²) in [4.78, 5) is 13.4. The molecule has 0 saturated carbocycles. The topological polar surface area (TPSA) is 83.3 Å². The number of hydrogen-bond donors (Lipinski definition) is 2. The Bertz CT molecular complexity index is 348. The molecule has 7 heteroatoms. The van der Waals surface area contributed by atoms with Crippen LogP contribution in [0.2, 0.25) is 0 Å². The molecule has 7 nitrogen and oxygen atoms in total. The van der Waals surface area contributed by atoms with Crippen LogP contribution in [0.15, 0.2) is 12.4 Å². The molecule has 0 saturated heterocycles. The summed E-state index contributed by atoms with van der Waals surface area (Å²) in [5, 5.41) is 19.9. The highest BCUT2D eigenvalue weighted by molar-refractivity contribution is 5.75. The lowest BCUT2D eigenvalue weighted by atomic mass is 10.1. The summed E-state index contributed by atoms with van der Waals surface area (Å²) in [6.45, 7) is 2.48. The first-order chi connectivity index (χ1) is 7.89. The van der Waals surface area contributed by atoms with Crippen molar-refractivity contribution in [3.8, 4) is 0 Å². The van der Waals surface area contributed by atoms with E-state index in [0.29, 0.717) is 6.54 Å². The van der Waals surface area contributed by atoms with Gasteiger partial charge in [-0.2, -0.15) is 0 Å². The summed E-state index contributed by atoms with van der Waals surface area (Å²) in [5.74, 6) is -0.200. The third-order valence-corrected chi connectivity index (χ3v) is 2.10. The molecule has 0 aromatic carbocycles. The monoisotopic (exact) mass is 241 g/mol. The van der Waals surface area contributed by atoms with Crippen molar-refractivity contribution < 1.29 is 9.90 Å². The van der Waals surface area contributed by atoms with E-state index in [-0.39, 0.29) is 19.0 Å². The zero-order chi connectivity index (χ0) is 12.9. The Morgan fingerprint density at radius 1 is 1.59 bits per heavy atom. The van der Waals surface area contributed by atoms with E-state index in [4.69, 9.17) is 0 Å². The average molecular weight is 241 g/mol. The average Bonchev–Trinajstić information content (AvgIpc) is 2.65. The van der Waals surface area contributed by atoms with E-state index < -0.39 is 5.60 Å². The molecule has 1 heterocycles. The molecular formula is C10H19N5O2. The lowest BCUT2D eigenvalue weighted by molar-refractivity contribution is -0.123. The van der Waals surface area contributed by atoms with Crippen molar-refractivity contribution in [2.45, 2.75) is 19.1 Å². The maximum Gasteiger partial charge on any atom is 0.241 e. The van der Waals surface area contributed by atoms with Gasteiger partial charge in [-0.25, -0.2) is 4.68 Å². The molecule has 96 valence electrons. The minimum Gasteiger partial charge on any atom is -0.387 e. The van der Waals surface area contributed by atoms with Crippen molar-refractivity contribution in [3.63, 3.8) is 0 Å². The van der Waals surface area contributed by atoms with Gasteiger partial charge in [0.25, 0.3) is 0 Å². The fourth-order valence-corrected chi connectivity index (χ4v) is 1.55. The quantitative estimate of drug-likeness (QED) is 0.647. The summed E-state index contributed by atoms with van der Waals surface area (Å²) in [5.41, 5.74) is -0.943. The van der Waals surface area contributed by atoms with Crippen LogP contribution in [-0.4, -0.2) is 63.7 Å². The van der Waals surface area contributed by atoms with Gasteiger partial charge in [0, 0.05) is 19.3 Å². The van der Waals surface area contributed by atoms with Crippen LogP contribution in [0.3, 0.4) is 0 Å². The number of carbonyl (C=O) groups is 1. The molecule has 0 aliphatic carbocycles. The highest BCUT2D eigenvalue weighted by atomic mass is 16.3. The Kier molecular flexibility index (Phi) is 4.59. The van der Waals surface area contributed by atoms with Crippen molar-refractivity contribution in [1.82, 2.24) is 25.2 Å². The van der Waals surface area contributed by atoms with E-state index in [1.165, 1.54) is 10.9 Å². The van der Waals surface area contributed by atoms with Gasteiger partial charge >= 0.3 is 0 Å². The molecule has 1 amide bonds. The van der Waals surface area contributed by atoms with E-state index in [9.17, 15) is 9.90 Å². The maximum absolute atomic E-state index is 11.5. The van der Waals surface area contributed by atoms with E-state index in [1.54, 1.807) is 13.1 Å². The Hall–Kier alpha value is -1.47. The molecule has 0 aliphatic heterocycles. The number of carbonyl (C=O) groups excluding carboxylic acids is 1. The van der Waals surface area contributed by atoms with Gasteiger partial charge in [0.05, 0.1) is 11.8 Å². The lowest BCUT2D eigenvalue weighted by Gasteiger charge is -2.27. The first-order valence-electron chi connectivity index (χ1n) is 5.37. The van der Waals surface area contributed by atoms with E-state index in [0.717, 1.165) is 0 Å². The number of likely N-dealkylation sites (N-methyl/N-ethyl adjacent to an activating group) is 1. The molecular weight excluding hydrogens is 222 g/mol. The molecule has 1 aromatic rings. The molecule has 17 heavy (non-hydrogen) atoms. The van der Waals surface area contributed by atoms with E-state index >= 15 is 0 Å². The maximum atomic E-state index is 11.5. The molecule has 0 fully saturated rings. The van der Waals surface area contributed by atoms with E-state index in [2.05, 4.69) is 15.6 Å². The van der Waals surface area contributed by atoms with Crippen LogP contribution in [0.4, 0.5) is 0 Å². The SMILES string of the molecule is CN(C)CC(C)(O)CNC(=O)Cn1ccnn1. The summed E-state index contributed by atoms with van der Waals surface area (Å²) in [6.07, 6.45) is 3.12. The number of nitrogens with one attached hydrogen (secondary N) is 1. The number of nitrogens with zero attached hydrogens (tertiary/aromatic N) is 4. The first kappa shape index (κ1) is 13.6. The molecule has 1 unspecified atom stereocenters. The normalized spacial score (nSPS) is 14.6. The Balaban J connectivity index is 2.32. The summed E-state index contributed by atoms with van der Waals surface area (Å²) < 4.78 is 1.43. The largest absolute Gasteiger partial charge is 0.387 e. The second-order valence-corrected chi connectivity index (χ2v) is 4.61. The number of aromatic nitrogens is 3. The van der Waals surface area contributed by atoms with Gasteiger partial charge in [-0.1, -0.05) is 5.21 Å². The predicted octanol–water partition coefficient (Wildman–Crippen LogP) is -1.29. The predicted molar refractivity (Wildman–Crippen MR) is 62.2 cm³/mol. The van der Waals surface area contributed by atoms with E-state index in [1.807, 2.05) is 19.0 Å². The van der Waals surface area contributed by atoms with Gasteiger partial charge in [-0.15, -0.1) is 5.10 Å². The van der Waals surface area contributed by atoms with Crippen molar-refractivity contribution in [1.29, 1.82) is 0 Å². The van der Waals surface area contributed by atoms with Crippen molar-refractivity contribution in [3.05, 3.63) is 12.4 Å². The molecule has 0 radical (unpaired) electrons. The van der Waals surface area contributed by atoms with Crippen LogP contribution in [0.5, 0.6) is 0 Å². The van der Waals surface area contributed by atoms with Crippen molar-refractivity contribution in [2.24, 2.45) is 0 Å². The Morgan fingerprint density at radius 3 is 2.82 bits per heavy atom. The highest BCUT2D eigenvalue weighted by Crippen LogP contribution is 2.02. The molecule has 2 N–H and O–H groups in total. The third kappa shape index (κ3) is 5.41. The smallest absolute Gasteiger partial charge is 0.241 e. The summed E-state index contributed by atoms with van der Waals surface area (Å²) >= 11 is 0. The molecule has 0 spiro atoms. The van der Waals surface area contributed by atoms with Gasteiger partial charge in [-0.3, -0.25) is 4.79 Å². The second kappa shape index (κ2) is 5.74. The van der Waals surface area contributed by atoms with Crippen LogP contribution in [0.1, 0.15) is 6.92 Å². The second-order valence-electron chi connectivity index (χ2n) is 4.61. The summed E-state index contributed by atoms with van der Waals surface area (Å²) in [7, 11) is 3.73. The fraction of sp³-hybridized carbons (Fsp3) is 0.700. The van der Waals surface area contributed by atoms with Gasteiger partial charge in [0.1, 0.15) is 6.54 Å². The molecule has 0 aliphatic rings. The van der Waals surface area contributed by atoms with Crippen LogP contribution < -0.4 is 5.32 Å². The standard InChI is InChI=1S/C10H19N5O2/c1-10(17,8-14(2)3)7-11-9(16)6-15-5-4-12-13-15/h4-5,17H,6-8H2,1-3H3,(H,11,16).